The largest absolute Gasteiger partial charge is 0.383 e. The lowest BCUT2D eigenvalue weighted by molar-refractivity contribution is -0.384. The number of carbonyl (C=O) groups is 1. The summed E-state index contributed by atoms with van der Waals surface area (Å²) >= 11 is 1.43. The van der Waals surface area contributed by atoms with E-state index in [2.05, 4.69) is 10.6 Å². The molecule has 0 atom stereocenters. The average Bonchev–Trinajstić information content (AvgIpc) is 2.90. The Morgan fingerprint density at radius 3 is 2.74 bits per heavy atom. The number of hydrogen-bond donors (Lipinski definition) is 2. The van der Waals surface area contributed by atoms with Crippen LogP contribution in [0.2, 0.25) is 0 Å². The van der Waals surface area contributed by atoms with Crippen LogP contribution in [0.3, 0.4) is 0 Å². The number of nitrogens with zero attached hydrogens (tertiary/aromatic N) is 1. The number of para-hydroxylation sites is 1. The first-order valence-electron chi connectivity index (χ1n) is 5.42. The Morgan fingerprint density at radius 1 is 1.37 bits per heavy atom. The summed E-state index contributed by atoms with van der Waals surface area (Å²) in [6, 6.07) is 6.32. The lowest BCUT2D eigenvalue weighted by Crippen LogP contribution is -2.14. The Morgan fingerprint density at radius 2 is 2.16 bits per heavy atom. The first kappa shape index (κ1) is 13.0. The molecule has 0 aliphatic heterocycles. The second kappa shape index (κ2) is 5.49. The number of carbonyl (C=O) groups excluding carboxylic acids is 1. The highest BCUT2D eigenvalue weighted by Gasteiger charge is 2.23. The van der Waals surface area contributed by atoms with E-state index in [9.17, 15) is 14.9 Å². The lowest BCUT2D eigenvalue weighted by Gasteiger charge is -2.07. The fourth-order valence-electron chi connectivity index (χ4n) is 1.66. The average molecular weight is 277 g/mol. The highest BCUT2D eigenvalue weighted by molar-refractivity contribution is 7.08. The number of rotatable bonds is 4. The van der Waals surface area contributed by atoms with Crippen molar-refractivity contribution in [2.24, 2.45) is 0 Å². The van der Waals surface area contributed by atoms with Crippen LogP contribution in [0.1, 0.15) is 10.4 Å². The number of nitrogens with one attached hydrogen (secondary N) is 2. The van der Waals surface area contributed by atoms with E-state index in [0.29, 0.717) is 11.4 Å². The molecule has 2 rings (SSSR count). The standard InChI is InChI=1S/C12H11N3O3S/c1-13-10-4-2-3-9(11(10)15(17)18)12(16)14-8-5-6-19-7-8/h2-7,13H,1H3,(H,14,16). The maximum Gasteiger partial charge on any atom is 0.305 e. The van der Waals surface area contributed by atoms with Crippen molar-refractivity contribution in [2.45, 2.75) is 0 Å². The van der Waals surface area contributed by atoms with Crippen molar-refractivity contribution in [3.8, 4) is 0 Å². The van der Waals surface area contributed by atoms with Crippen molar-refractivity contribution in [3.05, 3.63) is 50.7 Å². The van der Waals surface area contributed by atoms with Gasteiger partial charge in [0.1, 0.15) is 11.3 Å². The number of anilines is 2. The van der Waals surface area contributed by atoms with Gasteiger partial charge in [-0.3, -0.25) is 14.9 Å². The molecule has 0 fully saturated rings. The number of nitro groups is 1. The van der Waals surface area contributed by atoms with Crippen LogP contribution < -0.4 is 10.6 Å². The van der Waals surface area contributed by atoms with Crippen LogP contribution in [-0.4, -0.2) is 17.9 Å². The van der Waals surface area contributed by atoms with Gasteiger partial charge in [0.15, 0.2) is 0 Å². The van der Waals surface area contributed by atoms with E-state index < -0.39 is 10.8 Å². The zero-order chi connectivity index (χ0) is 13.8. The van der Waals surface area contributed by atoms with Gasteiger partial charge in [-0.25, -0.2) is 0 Å². The summed E-state index contributed by atoms with van der Waals surface area (Å²) in [6.07, 6.45) is 0. The van der Waals surface area contributed by atoms with Gasteiger partial charge >= 0.3 is 5.69 Å². The minimum absolute atomic E-state index is 0.0306. The predicted octanol–water partition coefficient (Wildman–Crippen LogP) is 2.95. The Balaban J connectivity index is 2.38. The number of amides is 1. The molecule has 0 bridgehead atoms. The number of nitro benzene ring substituents is 1. The Labute approximate surface area is 113 Å². The number of thiophene rings is 1. The Bertz CT molecular complexity index is 611. The van der Waals surface area contributed by atoms with Crippen molar-refractivity contribution >= 4 is 34.3 Å². The maximum absolute atomic E-state index is 12.1. The van der Waals surface area contributed by atoms with Gasteiger partial charge in [-0.15, -0.1) is 0 Å². The minimum Gasteiger partial charge on any atom is -0.383 e. The van der Waals surface area contributed by atoms with Gasteiger partial charge < -0.3 is 10.6 Å². The third-order valence-corrected chi connectivity index (χ3v) is 3.19. The molecule has 0 aliphatic rings. The van der Waals surface area contributed by atoms with E-state index >= 15 is 0 Å². The summed E-state index contributed by atoms with van der Waals surface area (Å²) in [6.45, 7) is 0. The van der Waals surface area contributed by atoms with Gasteiger partial charge in [0.2, 0.25) is 0 Å². The van der Waals surface area contributed by atoms with Crippen molar-refractivity contribution < 1.29 is 9.72 Å². The van der Waals surface area contributed by atoms with Gasteiger partial charge in [-0.05, 0) is 23.6 Å². The van der Waals surface area contributed by atoms with Crippen molar-refractivity contribution in [3.63, 3.8) is 0 Å². The quantitative estimate of drug-likeness (QED) is 0.664. The number of benzene rings is 1. The highest BCUT2D eigenvalue weighted by atomic mass is 32.1. The molecule has 7 heteroatoms. The van der Waals surface area contributed by atoms with Gasteiger partial charge in [0.25, 0.3) is 5.91 Å². The molecule has 0 aliphatic carbocycles. The van der Waals surface area contributed by atoms with Crippen LogP contribution in [0.4, 0.5) is 17.1 Å². The lowest BCUT2D eigenvalue weighted by atomic mass is 10.1. The predicted molar refractivity (Wildman–Crippen MR) is 74.9 cm³/mol. The second-order valence-corrected chi connectivity index (χ2v) is 4.46. The summed E-state index contributed by atoms with van der Waals surface area (Å²) in [7, 11) is 1.57. The molecule has 1 aromatic heterocycles. The molecular formula is C12H11N3O3S. The van der Waals surface area contributed by atoms with E-state index in [1.165, 1.54) is 17.4 Å². The highest BCUT2D eigenvalue weighted by Crippen LogP contribution is 2.29. The summed E-state index contributed by atoms with van der Waals surface area (Å²) < 4.78 is 0. The van der Waals surface area contributed by atoms with Gasteiger partial charge in [0, 0.05) is 12.4 Å². The number of hydrogen-bond acceptors (Lipinski definition) is 5. The van der Waals surface area contributed by atoms with Crippen LogP contribution in [0, 0.1) is 10.1 Å². The SMILES string of the molecule is CNc1cccc(C(=O)Nc2ccsc2)c1[N+](=O)[O-]. The molecule has 0 spiro atoms. The minimum atomic E-state index is -0.561. The van der Waals surface area contributed by atoms with E-state index in [1.54, 1.807) is 30.6 Å². The van der Waals surface area contributed by atoms with Gasteiger partial charge in [-0.1, -0.05) is 6.07 Å². The second-order valence-electron chi connectivity index (χ2n) is 3.67. The van der Waals surface area contributed by atoms with Crippen LogP contribution >= 0.6 is 11.3 Å². The zero-order valence-electron chi connectivity index (χ0n) is 10.0. The summed E-state index contributed by atoms with van der Waals surface area (Å²) in [5.41, 5.74) is 0.739. The van der Waals surface area contributed by atoms with E-state index in [1.807, 2.05) is 5.38 Å². The molecule has 98 valence electrons. The fraction of sp³-hybridized carbons (Fsp3) is 0.0833. The van der Waals surface area contributed by atoms with Crippen LogP contribution in [0.15, 0.2) is 35.0 Å². The molecule has 0 unspecified atom stereocenters. The maximum atomic E-state index is 12.1. The molecule has 1 heterocycles. The van der Waals surface area contributed by atoms with Crippen molar-refractivity contribution in [1.29, 1.82) is 0 Å². The smallest absolute Gasteiger partial charge is 0.305 e. The normalized spacial score (nSPS) is 9.95. The molecule has 2 aromatic rings. The fourth-order valence-corrected chi connectivity index (χ4v) is 2.25. The van der Waals surface area contributed by atoms with Crippen molar-refractivity contribution in [1.82, 2.24) is 0 Å². The first-order chi connectivity index (χ1) is 9.13. The molecule has 6 nitrogen and oxygen atoms in total. The molecule has 1 aromatic carbocycles. The van der Waals surface area contributed by atoms with Gasteiger partial charge in [0.05, 0.1) is 10.6 Å². The van der Waals surface area contributed by atoms with E-state index in [4.69, 9.17) is 0 Å². The summed E-state index contributed by atoms with van der Waals surface area (Å²) in [5.74, 6) is -0.498. The van der Waals surface area contributed by atoms with Crippen LogP contribution in [0.25, 0.3) is 0 Å². The molecule has 2 N–H and O–H groups in total. The molecule has 1 amide bonds. The Hall–Kier alpha value is -2.41. The molecule has 19 heavy (non-hydrogen) atoms. The van der Waals surface area contributed by atoms with E-state index in [0.717, 1.165) is 0 Å². The van der Waals surface area contributed by atoms with Crippen LogP contribution in [0.5, 0.6) is 0 Å². The van der Waals surface area contributed by atoms with Crippen molar-refractivity contribution in [2.75, 3.05) is 17.7 Å². The molecular weight excluding hydrogens is 266 g/mol. The summed E-state index contributed by atoms with van der Waals surface area (Å²) in [5, 5.41) is 20.0. The van der Waals surface area contributed by atoms with E-state index in [-0.39, 0.29) is 11.3 Å². The third-order valence-electron chi connectivity index (χ3n) is 2.51. The first-order valence-corrected chi connectivity index (χ1v) is 6.36. The molecule has 0 radical (unpaired) electrons. The zero-order valence-corrected chi connectivity index (χ0v) is 10.9. The topological polar surface area (TPSA) is 84.3 Å². The molecule has 0 saturated heterocycles. The third kappa shape index (κ3) is 2.71. The monoisotopic (exact) mass is 277 g/mol. The molecule has 0 saturated carbocycles. The Kier molecular flexibility index (Phi) is 3.76. The van der Waals surface area contributed by atoms with Crippen LogP contribution in [-0.2, 0) is 0 Å². The van der Waals surface area contributed by atoms with Gasteiger partial charge in [-0.2, -0.15) is 11.3 Å². The summed E-state index contributed by atoms with van der Waals surface area (Å²) in [4.78, 5) is 22.6.